The van der Waals surface area contributed by atoms with Crippen LogP contribution in [0.3, 0.4) is 0 Å². The van der Waals surface area contributed by atoms with Crippen LogP contribution >= 0.6 is 0 Å². The van der Waals surface area contributed by atoms with Crippen molar-refractivity contribution in [2.45, 2.75) is 97.5 Å². The number of halogens is 2. The number of unbranched alkanes of at least 4 members (excludes halogenated alkanes) is 7. The molecule has 0 saturated carbocycles. The molecule has 2 nitrogen and oxygen atoms in total. The third kappa shape index (κ3) is 7.84. The summed E-state index contributed by atoms with van der Waals surface area (Å²) in [4.78, 5) is 12.3. The highest BCUT2D eigenvalue weighted by Crippen LogP contribution is 2.21. The van der Waals surface area contributed by atoms with Crippen LogP contribution in [-0.4, -0.2) is 12.1 Å². The minimum absolute atomic E-state index is 0.244. The van der Waals surface area contributed by atoms with Crippen LogP contribution in [0.1, 0.15) is 100 Å². The van der Waals surface area contributed by atoms with Crippen molar-refractivity contribution in [3.05, 3.63) is 34.9 Å². The van der Waals surface area contributed by atoms with Crippen molar-refractivity contribution in [1.29, 1.82) is 0 Å². The van der Waals surface area contributed by atoms with E-state index in [0.717, 1.165) is 38.2 Å². The average Bonchev–Trinajstić information content (AvgIpc) is 2.61. The molecule has 1 rings (SSSR count). The van der Waals surface area contributed by atoms with Crippen LogP contribution < -0.4 is 0 Å². The van der Waals surface area contributed by atoms with Gasteiger partial charge in [-0.25, -0.2) is 13.6 Å². The normalized spacial score (nSPS) is 12.2. The molecule has 4 heteroatoms. The van der Waals surface area contributed by atoms with Gasteiger partial charge >= 0.3 is 5.97 Å². The van der Waals surface area contributed by atoms with Crippen LogP contribution in [0.15, 0.2) is 12.1 Å². The van der Waals surface area contributed by atoms with E-state index in [1.165, 1.54) is 51.5 Å². The minimum atomic E-state index is -0.887. The summed E-state index contributed by atoms with van der Waals surface area (Å²) in [5, 5.41) is 0. The summed E-state index contributed by atoms with van der Waals surface area (Å²) in [6.07, 6.45) is 11.7. The molecular formula is C22H34F2O2. The molecular weight excluding hydrogens is 334 g/mol. The molecule has 0 aliphatic rings. The Morgan fingerprint density at radius 3 is 2.15 bits per heavy atom. The van der Waals surface area contributed by atoms with Gasteiger partial charge in [0.2, 0.25) is 0 Å². The van der Waals surface area contributed by atoms with E-state index in [0.29, 0.717) is 0 Å². The van der Waals surface area contributed by atoms with Crippen LogP contribution in [-0.2, 0) is 4.74 Å². The second-order valence-corrected chi connectivity index (χ2v) is 7.13. The van der Waals surface area contributed by atoms with Gasteiger partial charge in [0.25, 0.3) is 0 Å². The van der Waals surface area contributed by atoms with Gasteiger partial charge in [-0.15, -0.1) is 0 Å². The number of carbonyl (C=O) groups is 1. The largest absolute Gasteiger partial charge is 0.459 e. The van der Waals surface area contributed by atoms with E-state index >= 15 is 0 Å². The zero-order valence-corrected chi connectivity index (χ0v) is 16.6. The van der Waals surface area contributed by atoms with Crippen molar-refractivity contribution in [1.82, 2.24) is 0 Å². The number of ether oxygens (including phenoxy) is 1. The lowest BCUT2D eigenvalue weighted by Gasteiger charge is -2.18. The molecule has 1 aromatic rings. The lowest BCUT2D eigenvalue weighted by Crippen LogP contribution is -2.20. The van der Waals surface area contributed by atoms with Crippen molar-refractivity contribution in [2.24, 2.45) is 0 Å². The van der Waals surface area contributed by atoms with Crippen LogP contribution in [0.5, 0.6) is 0 Å². The summed E-state index contributed by atoms with van der Waals surface area (Å²) < 4.78 is 33.4. The van der Waals surface area contributed by atoms with Gasteiger partial charge in [-0.2, -0.15) is 0 Å². The van der Waals surface area contributed by atoms with E-state index in [4.69, 9.17) is 4.74 Å². The molecule has 0 aliphatic heterocycles. The standard InChI is InChI=1S/C22H34F2O2/c1-4-6-7-8-9-10-11-12-14-18(13-5-2)26-22(25)20-19(23)16-15-17(3)21(20)24/h15-16,18H,4-14H2,1-3H3. The topological polar surface area (TPSA) is 26.3 Å². The first-order valence-corrected chi connectivity index (χ1v) is 10.2. The summed E-state index contributed by atoms with van der Waals surface area (Å²) in [6, 6.07) is 2.44. The molecule has 0 N–H and O–H groups in total. The first-order valence-electron chi connectivity index (χ1n) is 10.2. The Morgan fingerprint density at radius 2 is 1.54 bits per heavy atom. The highest BCUT2D eigenvalue weighted by Gasteiger charge is 2.23. The highest BCUT2D eigenvalue weighted by molar-refractivity contribution is 5.90. The Balaban J connectivity index is 2.45. The predicted molar refractivity (Wildman–Crippen MR) is 102 cm³/mol. The third-order valence-corrected chi connectivity index (χ3v) is 4.75. The van der Waals surface area contributed by atoms with Gasteiger partial charge in [-0.1, -0.05) is 71.3 Å². The van der Waals surface area contributed by atoms with Crippen LogP contribution in [0, 0.1) is 18.6 Å². The fraction of sp³-hybridized carbons (Fsp3) is 0.682. The van der Waals surface area contributed by atoms with E-state index in [-0.39, 0.29) is 11.7 Å². The smallest absolute Gasteiger partial charge is 0.344 e. The fourth-order valence-electron chi connectivity index (χ4n) is 3.14. The lowest BCUT2D eigenvalue weighted by molar-refractivity contribution is 0.0243. The zero-order chi connectivity index (χ0) is 19.4. The SMILES string of the molecule is CCCCCCCCCCC(CCC)OC(=O)c1c(F)ccc(C)c1F. The molecule has 0 aromatic heterocycles. The van der Waals surface area contributed by atoms with E-state index in [1.54, 1.807) is 0 Å². The maximum Gasteiger partial charge on any atom is 0.344 e. The number of esters is 1. The van der Waals surface area contributed by atoms with Gasteiger partial charge in [0.05, 0.1) is 0 Å². The number of hydrogen-bond donors (Lipinski definition) is 0. The Kier molecular flexibility index (Phi) is 11.1. The van der Waals surface area contributed by atoms with Crippen LogP contribution in [0.2, 0.25) is 0 Å². The number of rotatable bonds is 13. The van der Waals surface area contributed by atoms with Crippen molar-refractivity contribution in [2.75, 3.05) is 0 Å². The molecule has 1 unspecified atom stereocenters. The average molecular weight is 369 g/mol. The molecule has 0 aliphatic carbocycles. The van der Waals surface area contributed by atoms with E-state index < -0.39 is 23.2 Å². The molecule has 1 aromatic carbocycles. The summed E-state index contributed by atoms with van der Waals surface area (Å²) >= 11 is 0. The summed E-state index contributed by atoms with van der Waals surface area (Å²) in [7, 11) is 0. The Morgan fingerprint density at radius 1 is 0.923 bits per heavy atom. The molecule has 0 heterocycles. The van der Waals surface area contributed by atoms with Gasteiger partial charge in [-0.3, -0.25) is 0 Å². The maximum absolute atomic E-state index is 14.1. The molecule has 0 bridgehead atoms. The van der Waals surface area contributed by atoms with Crippen molar-refractivity contribution >= 4 is 5.97 Å². The predicted octanol–water partition coefficient (Wildman–Crippen LogP) is 7.13. The summed E-state index contributed by atoms with van der Waals surface area (Å²) in [5.74, 6) is -2.57. The number of aryl methyl sites for hydroxylation is 1. The van der Waals surface area contributed by atoms with E-state index in [2.05, 4.69) is 6.92 Å². The molecule has 0 amide bonds. The van der Waals surface area contributed by atoms with Gasteiger partial charge in [-0.05, 0) is 37.8 Å². The van der Waals surface area contributed by atoms with Crippen LogP contribution in [0.25, 0.3) is 0 Å². The summed E-state index contributed by atoms with van der Waals surface area (Å²) in [6.45, 7) is 5.74. The molecule has 0 radical (unpaired) electrons. The van der Waals surface area contributed by atoms with Crippen molar-refractivity contribution in [3.63, 3.8) is 0 Å². The molecule has 0 fully saturated rings. The molecule has 148 valence electrons. The van der Waals surface area contributed by atoms with Crippen molar-refractivity contribution in [3.8, 4) is 0 Å². The zero-order valence-electron chi connectivity index (χ0n) is 16.6. The van der Waals surface area contributed by atoms with Gasteiger partial charge in [0.1, 0.15) is 23.3 Å². The number of benzene rings is 1. The van der Waals surface area contributed by atoms with Gasteiger partial charge in [0, 0.05) is 0 Å². The van der Waals surface area contributed by atoms with Crippen molar-refractivity contribution < 1.29 is 18.3 Å². The molecule has 0 saturated heterocycles. The Hall–Kier alpha value is -1.45. The lowest BCUT2D eigenvalue weighted by atomic mass is 10.0. The van der Waals surface area contributed by atoms with E-state index in [1.807, 2.05) is 6.92 Å². The highest BCUT2D eigenvalue weighted by atomic mass is 19.1. The second kappa shape index (κ2) is 12.8. The quantitative estimate of drug-likeness (QED) is 0.273. The second-order valence-electron chi connectivity index (χ2n) is 7.13. The Bertz CT molecular complexity index is 543. The maximum atomic E-state index is 14.1. The molecule has 1 atom stereocenters. The molecule has 0 spiro atoms. The summed E-state index contributed by atoms with van der Waals surface area (Å²) in [5.41, 5.74) is -0.324. The van der Waals surface area contributed by atoms with E-state index in [9.17, 15) is 13.6 Å². The first kappa shape index (κ1) is 22.6. The first-order chi connectivity index (χ1) is 12.5. The monoisotopic (exact) mass is 368 g/mol. The van der Waals surface area contributed by atoms with Gasteiger partial charge in [0.15, 0.2) is 0 Å². The third-order valence-electron chi connectivity index (χ3n) is 4.75. The minimum Gasteiger partial charge on any atom is -0.459 e. The fourth-order valence-corrected chi connectivity index (χ4v) is 3.14. The number of carbonyl (C=O) groups excluding carboxylic acids is 1. The number of hydrogen-bond acceptors (Lipinski definition) is 2. The van der Waals surface area contributed by atoms with Crippen LogP contribution in [0.4, 0.5) is 8.78 Å². The Labute approximate surface area is 157 Å². The molecule has 26 heavy (non-hydrogen) atoms. The van der Waals surface area contributed by atoms with Gasteiger partial charge < -0.3 is 4.74 Å².